The lowest BCUT2D eigenvalue weighted by molar-refractivity contribution is -0.137. The zero-order chi connectivity index (χ0) is 22.1. The molecule has 1 aliphatic carbocycles. The van der Waals surface area contributed by atoms with Crippen molar-refractivity contribution in [2.45, 2.75) is 43.8 Å². The van der Waals surface area contributed by atoms with Gasteiger partial charge in [-0.1, -0.05) is 66.7 Å². The van der Waals surface area contributed by atoms with E-state index < -0.39 is 29.2 Å². The third kappa shape index (κ3) is 4.97. The van der Waals surface area contributed by atoms with Gasteiger partial charge in [0.25, 0.3) is 0 Å². The molecule has 0 radical (unpaired) electrons. The first-order chi connectivity index (χ1) is 14.8. The van der Waals surface area contributed by atoms with Gasteiger partial charge in [0.05, 0.1) is 17.2 Å². The van der Waals surface area contributed by atoms with Crippen LogP contribution in [0.4, 0.5) is 17.6 Å². The molecular weight excluding hydrogens is 406 g/mol. The quantitative estimate of drug-likeness (QED) is 0.458. The summed E-state index contributed by atoms with van der Waals surface area (Å²) in [7, 11) is 0. The minimum absolute atomic E-state index is 0.0832. The molecule has 1 atom stereocenters. The Labute approximate surface area is 178 Å². The van der Waals surface area contributed by atoms with Gasteiger partial charge in [0.15, 0.2) is 0 Å². The summed E-state index contributed by atoms with van der Waals surface area (Å²) < 4.78 is 54.2. The van der Waals surface area contributed by atoms with Crippen molar-refractivity contribution in [1.82, 2.24) is 4.90 Å². The van der Waals surface area contributed by atoms with Crippen LogP contribution in [0, 0.1) is 5.82 Å². The van der Waals surface area contributed by atoms with Crippen molar-refractivity contribution in [3.63, 3.8) is 0 Å². The van der Waals surface area contributed by atoms with E-state index in [0.717, 1.165) is 17.2 Å². The van der Waals surface area contributed by atoms with E-state index in [1.165, 1.54) is 6.07 Å². The van der Waals surface area contributed by atoms with Crippen LogP contribution in [-0.2, 0) is 19.3 Å². The summed E-state index contributed by atoms with van der Waals surface area (Å²) in [6, 6.07) is 21.0. The highest BCUT2D eigenvalue weighted by molar-refractivity contribution is 5.33. The number of hydrogen-bond acceptors (Lipinski definition) is 2. The molecular formula is C25H23F4NO. The fourth-order valence-electron chi connectivity index (χ4n) is 4.03. The Morgan fingerprint density at radius 3 is 1.77 bits per heavy atom. The standard InChI is InChI=1S/C25H23F4NO/c26-22-15-20(25(27,28)29)11-12-21(22)23(24(31)13-14-24)30(16-18-7-3-1-4-8-18)17-19-9-5-2-6-10-19/h1-12,15,23,31H,13-14,16-17H2. The minimum Gasteiger partial charge on any atom is -0.388 e. The van der Waals surface area contributed by atoms with Crippen LogP contribution in [-0.4, -0.2) is 15.6 Å². The lowest BCUT2D eigenvalue weighted by atomic mass is 9.94. The molecule has 0 heterocycles. The van der Waals surface area contributed by atoms with Crippen molar-refractivity contribution in [2.75, 3.05) is 0 Å². The van der Waals surface area contributed by atoms with Gasteiger partial charge < -0.3 is 5.11 Å². The summed E-state index contributed by atoms with van der Waals surface area (Å²) in [6.07, 6.45) is -3.68. The molecule has 2 nitrogen and oxygen atoms in total. The number of rotatable bonds is 7. The maximum Gasteiger partial charge on any atom is 0.416 e. The molecule has 31 heavy (non-hydrogen) atoms. The second-order valence-electron chi connectivity index (χ2n) is 8.12. The Bertz CT molecular complexity index is 975. The van der Waals surface area contributed by atoms with Gasteiger partial charge in [0.1, 0.15) is 5.82 Å². The predicted octanol–water partition coefficient (Wildman–Crippen LogP) is 6.11. The Balaban J connectivity index is 1.75. The van der Waals surface area contributed by atoms with Gasteiger partial charge in [-0.2, -0.15) is 13.2 Å². The van der Waals surface area contributed by atoms with Gasteiger partial charge in [0.2, 0.25) is 0 Å². The maximum absolute atomic E-state index is 15.0. The van der Waals surface area contributed by atoms with Crippen LogP contribution >= 0.6 is 0 Å². The number of nitrogens with zero attached hydrogens (tertiary/aromatic N) is 1. The summed E-state index contributed by atoms with van der Waals surface area (Å²) in [5.74, 6) is -0.953. The lowest BCUT2D eigenvalue weighted by Gasteiger charge is -2.36. The number of hydrogen-bond donors (Lipinski definition) is 1. The number of aliphatic hydroxyl groups is 1. The average Bonchev–Trinajstić information content (AvgIpc) is 3.48. The van der Waals surface area contributed by atoms with Crippen molar-refractivity contribution in [3.05, 3.63) is 107 Å². The van der Waals surface area contributed by atoms with E-state index in [4.69, 9.17) is 0 Å². The first-order valence-electron chi connectivity index (χ1n) is 10.2. The molecule has 0 aliphatic heterocycles. The molecule has 0 spiro atoms. The topological polar surface area (TPSA) is 23.5 Å². The smallest absolute Gasteiger partial charge is 0.388 e. The van der Waals surface area contributed by atoms with Crippen molar-refractivity contribution in [2.24, 2.45) is 0 Å². The molecule has 0 saturated heterocycles. The van der Waals surface area contributed by atoms with Crippen molar-refractivity contribution in [3.8, 4) is 0 Å². The summed E-state index contributed by atoms with van der Waals surface area (Å²) in [6.45, 7) is 0.840. The second kappa shape index (κ2) is 8.44. The zero-order valence-electron chi connectivity index (χ0n) is 16.8. The second-order valence-corrected chi connectivity index (χ2v) is 8.12. The maximum atomic E-state index is 15.0. The van der Waals surface area contributed by atoms with E-state index in [2.05, 4.69) is 0 Å². The molecule has 1 saturated carbocycles. The Kier molecular flexibility index (Phi) is 5.86. The van der Waals surface area contributed by atoms with Crippen LogP contribution in [0.5, 0.6) is 0 Å². The fraction of sp³-hybridized carbons (Fsp3) is 0.280. The summed E-state index contributed by atoms with van der Waals surface area (Å²) in [4.78, 5) is 1.95. The third-order valence-electron chi connectivity index (χ3n) is 5.72. The van der Waals surface area contributed by atoms with E-state index in [1.54, 1.807) is 0 Å². The van der Waals surface area contributed by atoms with E-state index >= 15 is 0 Å². The minimum atomic E-state index is -4.63. The summed E-state index contributed by atoms with van der Waals surface area (Å²) in [5, 5.41) is 11.1. The normalized spacial score (nSPS) is 16.3. The van der Waals surface area contributed by atoms with E-state index in [1.807, 2.05) is 65.6 Å². The zero-order valence-corrected chi connectivity index (χ0v) is 16.8. The van der Waals surface area contributed by atoms with Crippen LogP contribution in [0.3, 0.4) is 0 Å². The predicted molar refractivity (Wildman–Crippen MR) is 110 cm³/mol. The van der Waals surface area contributed by atoms with Gasteiger partial charge in [-0.3, -0.25) is 4.90 Å². The number of alkyl halides is 3. The molecule has 0 amide bonds. The molecule has 6 heteroatoms. The highest BCUT2D eigenvalue weighted by atomic mass is 19.4. The van der Waals surface area contributed by atoms with Gasteiger partial charge >= 0.3 is 6.18 Å². The van der Waals surface area contributed by atoms with Crippen molar-refractivity contribution in [1.29, 1.82) is 0 Å². The molecule has 0 bridgehead atoms. The molecule has 1 N–H and O–H groups in total. The van der Waals surface area contributed by atoms with Crippen molar-refractivity contribution < 1.29 is 22.7 Å². The molecule has 1 unspecified atom stereocenters. The van der Waals surface area contributed by atoms with E-state index in [-0.39, 0.29) is 5.56 Å². The summed E-state index contributed by atoms with van der Waals surface area (Å²) in [5.41, 5.74) is -0.183. The van der Waals surface area contributed by atoms with Crippen LogP contribution in [0.1, 0.15) is 41.1 Å². The molecule has 4 rings (SSSR count). The summed E-state index contributed by atoms with van der Waals surface area (Å²) >= 11 is 0. The van der Waals surface area contributed by atoms with Gasteiger partial charge in [-0.05, 0) is 36.1 Å². The fourth-order valence-corrected chi connectivity index (χ4v) is 4.03. The van der Waals surface area contributed by atoms with Gasteiger partial charge in [0, 0.05) is 18.7 Å². The van der Waals surface area contributed by atoms with Crippen LogP contribution < -0.4 is 0 Å². The van der Waals surface area contributed by atoms with Gasteiger partial charge in [-0.15, -0.1) is 0 Å². The largest absolute Gasteiger partial charge is 0.416 e. The Morgan fingerprint density at radius 1 is 0.839 bits per heavy atom. The first kappa shape index (κ1) is 21.5. The highest BCUT2D eigenvalue weighted by Crippen LogP contribution is 2.50. The third-order valence-corrected chi connectivity index (χ3v) is 5.72. The Morgan fingerprint density at radius 2 is 1.35 bits per heavy atom. The highest BCUT2D eigenvalue weighted by Gasteiger charge is 2.51. The van der Waals surface area contributed by atoms with Crippen LogP contribution in [0.25, 0.3) is 0 Å². The molecule has 0 aromatic heterocycles. The monoisotopic (exact) mass is 429 g/mol. The lowest BCUT2D eigenvalue weighted by Crippen LogP contribution is -2.38. The molecule has 1 fully saturated rings. The molecule has 1 aliphatic rings. The average molecular weight is 429 g/mol. The van der Waals surface area contributed by atoms with E-state index in [9.17, 15) is 22.7 Å². The Hall–Kier alpha value is -2.70. The van der Waals surface area contributed by atoms with Crippen LogP contribution in [0.15, 0.2) is 78.9 Å². The molecule has 162 valence electrons. The number of halogens is 4. The van der Waals surface area contributed by atoms with Gasteiger partial charge in [-0.25, -0.2) is 4.39 Å². The number of benzene rings is 3. The van der Waals surface area contributed by atoms with Crippen LogP contribution in [0.2, 0.25) is 0 Å². The SMILES string of the molecule is OC1(C(c2ccc(C(F)(F)F)cc2F)N(Cc2ccccc2)Cc2ccccc2)CC1. The molecule has 3 aromatic carbocycles. The van der Waals surface area contributed by atoms with E-state index in [0.29, 0.717) is 32.0 Å². The first-order valence-corrected chi connectivity index (χ1v) is 10.2. The molecule has 3 aromatic rings. The van der Waals surface area contributed by atoms with Crippen molar-refractivity contribution >= 4 is 0 Å².